The highest BCUT2D eigenvalue weighted by Crippen LogP contribution is 2.45. The van der Waals surface area contributed by atoms with Crippen molar-refractivity contribution >= 4 is 49.5 Å². The molecule has 0 saturated heterocycles. The molecule has 0 saturated carbocycles. The molecule has 7 rings (SSSR count). The van der Waals surface area contributed by atoms with Crippen LogP contribution in [-0.4, -0.2) is 37.5 Å². The molecule has 4 heterocycles. The van der Waals surface area contributed by atoms with Crippen LogP contribution in [-0.2, 0) is 19.6 Å². The van der Waals surface area contributed by atoms with Crippen LogP contribution in [0, 0.1) is 0 Å². The van der Waals surface area contributed by atoms with Crippen LogP contribution in [0.15, 0.2) is 48.5 Å². The Morgan fingerprint density at radius 2 is 1.33 bits per heavy atom. The van der Waals surface area contributed by atoms with Crippen LogP contribution in [0.2, 0.25) is 0 Å². The molecule has 0 bridgehead atoms. The van der Waals surface area contributed by atoms with E-state index in [-0.39, 0.29) is 12.5 Å². The molecule has 0 fully saturated rings. The predicted octanol–water partition coefficient (Wildman–Crippen LogP) is 2.88. The minimum Gasteiger partial charge on any atom is -0.388 e. The topological polar surface area (TPSA) is 79.4 Å². The van der Waals surface area contributed by atoms with Gasteiger partial charge in [-0.05, 0) is 17.7 Å². The van der Waals surface area contributed by atoms with E-state index in [0.29, 0.717) is 13.1 Å². The summed E-state index contributed by atoms with van der Waals surface area (Å²) < 4.78 is 4.21. The second-order valence-corrected chi connectivity index (χ2v) is 8.37. The molecule has 3 aromatic carbocycles. The van der Waals surface area contributed by atoms with Gasteiger partial charge in [-0.3, -0.25) is 4.79 Å². The number of carbonyl (C=O) groups is 1. The van der Waals surface area contributed by atoms with Crippen LogP contribution in [0.3, 0.4) is 0 Å². The second kappa shape index (κ2) is 5.41. The zero-order chi connectivity index (χ0) is 20.1. The van der Waals surface area contributed by atoms with Crippen molar-refractivity contribution < 1.29 is 15.0 Å². The van der Waals surface area contributed by atoms with Gasteiger partial charge in [0.2, 0.25) is 0 Å². The molecule has 1 amide bonds. The Morgan fingerprint density at radius 3 is 1.97 bits per heavy atom. The largest absolute Gasteiger partial charge is 0.388 e. The maximum atomic E-state index is 13.0. The predicted molar refractivity (Wildman–Crippen MR) is 116 cm³/mol. The SMILES string of the molecule is O=C1NCc2c1c1c3ccccc3n3c1c1c2c2ccccc2n1C[C@@H](O)[C@@H](O)C3. The zero-order valence-corrected chi connectivity index (χ0v) is 16.1. The highest BCUT2D eigenvalue weighted by molar-refractivity contribution is 6.30. The molecule has 5 aromatic rings. The lowest BCUT2D eigenvalue weighted by Crippen LogP contribution is -2.35. The average Bonchev–Trinajstić information content (AvgIpc) is 3.39. The van der Waals surface area contributed by atoms with Crippen LogP contribution < -0.4 is 5.32 Å². The van der Waals surface area contributed by atoms with Crippen molar-refractivity contribution in [3.63, 3.8) is 0 Å². The van der Waals surface area contributed by atoms with Gasteiger partial charge in [0, 0.05) is 39.1 Å². The molecular weight excluding hydrogens is 378 g/mol. The number of aromatic nitrogens is 2. The molecule has 0 aliphatic carbocycles. The monoisotopic (exact) mass is 397 g/mol. The first-order chi connectivity index (χ1) is 14.6. The molecule has 2 atom stereocenters. The van der Waals surface area contributed by atoms with Gasteiger partial charge in [-0.2, -0.15) is 0 Å². The number of aliphatic hydroxyl groups is 2. The van der Waals surface area contributed by atoms with E-state index in [2.05, 4.69) is 20.5 Å². The number of amides is 1. The van der Waals surface area contributed by atoms with Crippen LogP contribution in [0.4, 0.5) is 0 Å². The first-order valence-corrected chi connectivity index (χ1v) is 10.3. The van der Waals surface area contributed by atoms with Crippen LogP contribution >= 0.6 is 0 Å². The van der Waals surface area contributed by atoms with E-state index in [1.807, 2.05) is 42.5 Å². The number of fused-ring (bicyclic) bond motifs is 9. The summed E-state index contributed by atoms with van der Waals surface area (Å²) in [5.41, 5.74) is 5.73. The van der Waals surface area contributed by atoms with Gasteiger partial charge in [0.25, 0.3) is 5.91 Å². The van der Waals surface area contributed by atoms with Gasteiger partial charge >= 0.3 is 0 Å². The Kier molecular flexibility index (Phi) is 2.97. The lowest BCUT2D eigenvalue weighted by Gasteiger charge is -2.24. The fourth-order valence-corrected chi connectivity index (χ4v) is 5.61. The maximum Gasteiger partial charge on any atom is 0.252 e. The van der Waals surface area contributed by atoms with Gasteiger partial charge in [0.15, 0.2) is 0 Å². The van der Waals surface area contributed by atoms with Gasteiger partial charge in [-0.25, -0.2) is 0 Å². The molecular formula is C24H19N3O3. The number of rotatable bonds is 0. The van der Waals surface area contributed by atoms with Gasteiger partial charge < -0.3 is 24.7 Å². The van der Waals surface area contributed by atoms with Crippen molar-refractivity contribution in [2.75, 3.05) is 0 Å². The lowest BCUT2D eigenvalue weighted by molar-refractivity contribution is 0.00168. The molecule has 6 nitrogen and oxygen atoms in total. The minimum absolute atomic E-state index is 0.0470. The number of benzene rings is 3. The van der Waals surface area contributed by atoms with Gasteiger partial charge in [-0.15, -0.1) is 0 Å². The van der Waals surface area contributed by atoms with E-state index in [0.717, 1.165) is 54.7 Å². The molecule has 6 heteroatoms. The van der Waals surface area contributed by atoms with E-state index in [1.165, 1.54) is 0 Å². The van der Waals surface area contributed by atoms with Gasteiger partial charge in [-0.1, -0.05) is 36.4 Å². The van der Waals surface area contributed by atoms with Gasteiger partial charge in [0.1, 0.15) is 0 Å². The number of para-hydroxylation sites is 2. The Morgan fingerprint density at radius 1 is 0.800 bits per heavy atom. The summed E-state index contributed by atoms with van der Waals surface area (Å²) in [6, 6.07) is 16.1. The summed E-state index contributed by atoms with van der Waals surface area (Å²) in [6.07, 6.45) is -1.79. The Balaban J connectivity index is 1.88. The second-order valence-electron chi connectivity index (χ2n) is 8.37. The molecule has 0 spiro atoms. The van der Waals surface area contributed by atoms with Crippen molar-refractivity contribution in [2.24, 2.45) is 0 Å². The van der Waals surface area contributed by atoms with Crippen LogP contribution in [0.1, 0.15) is 15.9 Å². The molecule has 0 radical (unpaired) electrons. The van der Waals surface area contributed by atoms with Crippen LogP contribution in [0.25, 0.3) is 43.6 Å². The summed E-state index contributed by atoms with van der Waals surface area (Å²) in [5, 5.41) is 28.7. The standard InChI is InChI=1S/C24H19N3O3/c28-17-10-26-15-7-3-1-5-12(15)19-14-9-25-24(30)21(14)20-13-6-2-4-8-16(13)27(11-18(17)29)23(20)22(19)26/h1-8,17-18,28-29H,9-11H2,(H,25,30)/t17-,18+/m1/s1. The van der Waals surface area contributed by atoms with E-state index >= 15 is 0 Å². The third kappa shape index (κ3) is 1.79. The number of nitrogens with zero attached hydrogens (tertiary/aromatic N) is 2. The number of hydrogen-bond acceptors (Lipinski definition) is 3. The highest BCUT2D eigenvalue weighted by atomic mass is 16.3. The Bertz CT molecular complexity index is 1560. The van der Waals surface area contributed by atoms with E-state index in [1.54, 1.807) is 0 Å². The molecule has 2 aromatic heterocycles. The quantitative estimate of drug-likeness (QED) is 0.376. The Hall–Kier alpha value is -3.35. The summed E-state index contributed by atoms with van der Waals surface area (Å²) in [7, 11) is 0. The molecule has 0 unspecified atom stereocenters. The van der Waals surface area contributed by atoms with Crippen molar-refractivity contribution in [1.82, 2.24) is 14.5 Å². The molecule has 148 valence electrons. The van der Waals surface area contributed by atoms with Gasteiger partial charge in [0.05, 0.1) is 41.9 Å². The smallest absolute Gasteiger partial charge is 0.252 e. The normalized spacial score (nSPS) is 20.9. The number of carbonyl (C=O) groups excluding carboxylic acids is 1. The summed E-state index contributed by atoms with van der Waals surface area (Å²) in [6.45, 7) is 1.09. The Labute approximate surface area is 170 Å². The van der Waals surface area contributed by atoms with Crippen LogP contribution in [0.5, 0.6) is 0 Å². The molecule has 2 aliphatic rings. The fourth-order valence-electron chi connectivity index (χ4n) is 5.61. The maximum absolute atomic E-state index is 13.0. The van der Waals surface area contributed by atoms with E-state index in [4.69, 9.17) is 0 Å². The molecule has 3 N–H and O–H groups in total. The van der Waals surface area contributed by atoms with Crippen molar-refractivity contribution in [3.8, 4) is 0 Å². The highest BCUT2D eigenvalue weighted by Gasteiger charge is 2.34. The number of aliphatic hydroxyl groups excluding tert-OH is 2. The minimum atomic E-state index is -0.907. The molecule has 30 heavy (non-hydrogen) atoms. The van der Waals surface area contributed by atoms with Crippen molar-refractivity contribution in [1.29, 1.82) is 0 Å². The lowest BCUT2D eigenvalue weighted by atomic mass is 9.97. The number of hydrogen-bond donors (Lipinski definition) is 3. The summed E-state index contributed by atoms with van der Waals surface area (Å²) in [4.78, 5) is 13.0. The summed E-state index contributed by atoms with van der Waals surface area (Å²) in [5.74, 6) is -0.0470. The fraction of sp³-hybridized carbons (Fsp3) is 0.208. The number of nitrogens with one attached hydrogen (secondary N) is 1. The zero-order valence-electron chi connectivity index (χ0n) is 16.1. The summed E-state index contributed by atoms with van der Waals surface area (Å²) >= 11 is 0. The first kappa shape index (κ1) is 16.4. The average molecular weight is 397 g/mol. The van der Waals surface area contributed by atoms with Crippen molar-refractivity contribution in [2.45, 2.75) is 31.8 Å². The third-order valence-corrected chi connectivity index (χ3v) is 6.86. The van der Waals surface area contributed by atoms with E-state index < -0.39 is 12.2 Å². The van der Waals surface area contributed by atoms with Crippen molar-refractivity contribution in [3.05, 3.63) is 59.7 Å². The molecule has 2 aliphatic heterocycles. The third-order valence-electron chi connectivity index (χ3n) is 6.86. The first-order valence-electron chi connectivity index (χ1n) is 10.3. The van der Waals surface area contributed by atoms with E-state index in [9.17, 15) is 15.0 Å².